The van der Waals surface area contributed by atoms with Crippen LogP contribution in [0.4, 0.5) is 0 Å². The third-order valence-electron chi connectivity index (χ3n) is 3.82. The van der Waals surface area contributed by atoms with Crippen molar-refractivity contribution in [2.24, 2.45) is 0 Å². The molecule has 0 atom stereocenters. The summed E-state index contributed by atoms with van der Waals surface area (Å²) >= 11 is 0. The lowest BCUT2D eigenvalue weighted by Crippen LogP contribution is -2.24. The van der Waals surface area contributed by atoms with Crippen LogP contribution >= 0.6 is 0 Å². The van der Waals surface area contributed by atoms with Crippen LogP contribution in [-0.4, -0.2) is 22.7 Å². The number of nitrogens with one attached hydrogen (secondary N) is 1. The standard InChI is InChI=1S/C17H23N3O/c1-3-6-17-19-15-12-18-10-9-16(15)20(17)13-7-5-8-14(11-13)21-4-2/h5,7-8,11,18H,3-4,6,9-10,12H2,1-2H3. The minimum absolute atomic E-state index is 0.692. The van der Waals surface area contributed by atoms with Crippen molar-refractivity contribution in [3.63, 3.8) is 0 Å². The molecule has 1 aliphatic rings. The number of benzene rings is 1. The SMILES string of the molecule is CCCc1nc2c(n1-c1cccc(OCC)c1)CCNC2. The summed E-state index contributed by atoms with van der Waals surface area (Å²) < 4.78 is 7.98. The molecule has 0 spiro atoms. The Hall–Kier alpha value is -1.81. The summed E-state index contributed by atoms with van der Waals surface area (Å²) in [5.41, 5.74) is 3.72. The Labute approximate surface area is 126 Å². The molecule has 0 saturated carbocycles. The molecule has 0 amide bonds. The molecular formula is C17H23N3O. The van der Waals surface area contributed by atoms with Gasteiger partial charge in [0.05, 0.1) is 18.0 Å². The molecule has 4 heteroatoms. The van der Waals surface area contributed by atoms with E-state index in [2.05, 4.69) is 35.0 Å². The van der Waals surface area contributed by atoms with Gasteiger partial charge < -0.3 is 14.6 Å². The molecule has 0 bridgehead atoms. The number of aryl methyl sites for hydroxylation is 1. The van der Waals surface area contributed by atoms with Crippen LogP contribution in [0.3, 0.4) is 0 Å². The maximum absolute atomic E-state index is 5.64. The van der Waals surface area contributed by atoms with Gasteiger partial charge in [-0.2, -0.15) is 0 Å². The van der Waals surface area contributed by atoms with Crippen molar-refractivity contribution in [2.45, 2.75) is 39.7 Å². The van der Waals surface area contributed by atoms with Crippen molar-refractivity contribution in [3.05, 3.63) is 41.5 Å². The van der Waals surface area contributed by atoms with Crippen LogP contribution in [0.15, 0.2) is 24.3 Å². The van der Waals surface area contributed by atoms with Crippen molar-refractivity contribution < 1.29 is 4.74 Å². The van der Waals surface area contributed by atoms with Gasteiger partial charge in [-0.05, 0) is 25.5 Å². The van der Waals surface area contributed by atoms with Crippen molar-refractivity contribution in [1.29, 1.82) is 0 Å². The average molecular weight is 285 g/mol. The van der Waals surface area contributed by atoms with Gasteiger partial charge in [0.1, 0.15) is 11.6 Å². The van der Waals surface area contributed by atoms with Crippen molar-refractivity contribution in [2.75, 3.05) is 13.2 Å². The third-order valence-corrected chi connectivity index (χ3v) is 3.82. The molecule has 0 saturated heterocycles. The Morgan fingerprint density at radius 3 is 3.05 bits per heavy atom. The number of aromatic nitrogens is 2. The summed E-state index contributed by atoms with van der Waals surface area (Å²) in [5.74, 6) is 2.09. The average Bonchev–Trinajstić information content (AvgIpc) is 2.86. The van der Waals surface area contributed by atoms with Gasteiger partial charge >= 0.3 is 0 Å². The molecule has 2 aromatic rings. The van der Waals surface area contributed by atoms with Gasteiger partial charge in [-0.25, -0.2) is 4.98 Å². The molecule has 0 radical (unpaired) electrons. The predicted molar refractivity (Wildman–Crippen MR) is 84.1 cm³/mol. The first-order valence-corrected chi connectivity index (χ1v) is 7.86. The fourth-order valence-electron chi connectivity index (χ4n) is 2.94. The summed E-state index contributed by atoms with van der Waals surface area (Å²) in [7, 11) is 0. The smallest absolute Gasteiger partial charge is 0.121 e. The van der Waals surface area contributed by atoms with Gasteiger partial charge in [0.15, 0.2) is 0 Å². The van der Waals surface area contributed by atoms with E-state index in [-0.39, 0.29) is 0 Å². The predicted octanol–water partition coefficient (Wildman–Crippen LogP) is 2.87. The van der Waals surface area contributed by atoms with Crippen LogP contribution in [0.5, 0.6) is 5.75 Å². The molecule has 1 aromatic carbocycles. The molecule has 2 heterocycles. The van der Waals surface area contributed by atoms with Crippen LogP contribution < -0.4 is 10.1 Å². The zero-order valence-corrected chi connectivity index (χ0v) is 12.9. The highest BCUT2D eigenvalue weighted by Gasteiger charge is 2.20. The first-order chi connectivity index (χ1) is 10.3. The lowest BCUT2D eigenvalue weighted by Gasteiger charge is -2.17. The first kappa shape index (κ1) is 14.1. The second-order valence-electron chi connectivity index (χ2n) is 5.36. The number of hydrogen-bond acceptors (Lipinski definition) is 3. The van der Waals surface area contributed by atoms with Crippen LogP contribution in [0.2, 0.25) is 0 Å². The summed E-state index contributed by atoms with van der Waals surface area (Å²) in [4.78, 5) is 4.85. The van der Waals surface area contributed by atoms with Gasteiger partial charge in [-0.1, -0.05) is 13.0 Å². The van der Waals surface area contributed by atoms with Gasteiger partial charge in [0, 0.05) is 37.7 Å². The Balaban J connectivity index is 2.07. The second kappa shape index (κ2) is 6.31. The highest BCUT2D eigenvalue weighted by Crippen LogP contribution is 2.25. The summed E-state index contributed by atoms with van der Waals surface area (Å²) in [6, 6.07) is 8.33. The van der Waals surface area contributed by atoms with Gasteiger partial charge in [0.2, 0.25) is 0 Å². The van der Waals surface area contributed by atoms with E-state index in [1.165, 1.54) is 22.9 Å². The Morgan fingerprint density at radius 2 is 2.24 bits per heavy atom. The zero-order chi connectivity index (χ0) is 14.7. The molecule has 1 aromatic heterocycles. The minimum atomic E-state index is 0.692. The van der Waals surface area contributed by atoms with E-state index in [0.29, 0.717) is 6.61 Å². The first-order valence-electron chi connectivity index (χ1n) is 7.86. The Bertz CT molecular complexity index is 618. The highest BCUT2D eigenvalue weighted by atomic mass is 16.5. The van der Waals surface area contributed by atoms with Crippen LogP contribution in [0.25, 0.3) is 5.69 Å². The number of rotatable bonds is 5. The van der Waals surface area contributed by atoms with Crippen LogP contribution in [0.1, 0.15) is 37.5 Å². The van der Waals surface area contributed by atoms with Crippen molar-refractivity contribution in [3.8, 4) is 11.4 Å². The number of fused-ring (bicyclic) bond motifs is 1. The Kier molecular flexibility index (Phi) is 4.25. The lowest BCUT2D eigenvalue weighted by atomic mass is 10.1. The fourth-order valence-corrected chi connectivity index (χ4v) is 2.94. The summed E-state index contributed by atoms with van der Waals surface area (Å²) in [5, 5.41) is 3.41. The largest absolute Gasteiger partial charge is 0.494 e. The van der Waals surface area contributed by atoms with Crippen molar-refractivity contribution in [1.82, 2.24) is 14.9 Å². The van der Waals surface area contributed by atoms with Crippen LogP contribution in [0, 0.1) is 0 Å². The zero-order valence-electron chi connectivity index (χ0n) is 12.9. The second-order valence-corrected chi connectivity index (χ2v) is 5.36. The molecule has 0 unspecified atom stereocenters. The lowest BCUT2D eigenvalue weighted by molar-refractivity contribution is 0.340. The fraction of sp³-hybridized carbons (Fsp3) is 0.471. The van der Waals surface area contributed by atoms with E-state index in [1.807, 2.05) is 13.0 Å². The topological polar surface area (TPSA) is 39.1 Å². The maximum Gasteiger partial charge on any atom is 0.121 e. The molecular weight excluding hydrogens is 262 g/mol. The van der Waals surface area contributed by atoms with Crippen molar-refractivity contribution >= 4 is 0 Å². The molecule has 112 valence electrons. The number of imidazole rings is 1. The molecule has 0 fully saturated rings. The molecule has 4 nitrogen and oxygen atoms in total. The maximum atomic E-state index is 5.64. The van der Waals surface area contributed by atoms with Gasteiger partial charge in [0.25, 0.3) is 0 Å². The Morgan fingerprint density at radius 1 is 1.33 bits per heavy atom. The molecule has 0 aliphatic carbocycles. The monoisotopic (exact) mass is 285 g/mol. The molecule has 1 N–H and O–H groups in total. The highest BCUT2D eigenvalue weighted by molar-refractivity contribution is 5.43. The minimum Gasteiger partial charge on any atom is -0.494 e. The van der Waals surface area contributed by atoms with Crippen LogP contribution in [-0.2, 0) is 19.4 Å². The number of hydrogen-bond donors (Lipinski definition) is 1. The van der Waals surface area contributed by atoms with Gasteiger partial charge in [-0.3, -0.25) is 0 Å². The van der Waals surface area contributed by atoms with E-state index in [0.717, 1.165) is 38.1 Å². The number of ether oxygens (including phenoxy) is 1. The number of nitrogens with zero attached hydrogens (tertiary/aromatic N) is 2. The molecule has 1 aliphatic heterocycles. The quantitative estimate of drug-likeness (QED) is 0.918. The normalized spacial score (nSPS) is 14.0. The van der Waals surface area contributed by atoms with E-state index >= 15 is 0 Å². The van der Waals surface area contributed by atoms with E-state index < -0.39 is 0 Å². The molecule has 3 rings (SSSR count). The van der Waals surface area contributed by atoms with E-state index in [1.54, 1.807) is 0 Å². The molecule has 21 heavy (non-hydrogen) atoms. The van der Waals surface area contributed by atoms with E-state index in [4.69, 9.17) is 9.72 Å². The van der Waals surface area contributed by atoms with E-state index in [9.17, 15) is 0 Å². The summed E-state index contributed by atoms with van der Waals surface area (Å²) in [6.45, 7) is 6.81. The third kappa shape index (κ3) is 2.81. The van der Waals surface area contributed by atoms with Gasteiger partial charge in [-0.15, -0.1) is 0 Å². The summed E-state index contributed by atoms with van der Waals surface area (Å²) in [6.07, 6.45) is 3.14.